The number of anilines is 2. The molecule has 2 amide bonds. The number of carbonyl (C=O) groups is 2. The molecule has 1 atom stereocenters. The lowest BCUT2D eigenvalue weighted by atomic mass is 10.1. The second-order valence-corrected chi connectivity index (χ2v) is 7.36. The van der Waals surface area contributed by atoms with Crippen LogP contribution in [0.2, 0.25) is 0 Å². The zero-order chi connectivity index (χ0) is 21.3. The molecule has 0 aliphatic carbocycles. The van der Waals surface area contributed by atoms with Crippen LogP contribution in [-0.4, -0.2) is 41.6 Å². The topological polar surface area (TPSA) is 76.5 Å². The summed E-state index contributed by atoms with van der Waals surface area (Å²) >= 11 is 0. The first-order valence-corrected chi connectivity index (χ1v) is 9.83. The Morgan fingerprint density at radius 3 is 2.83 bits per heavy atom. The van der Waals surface area contributed by atoms with Crippen LogP contribution in [0, 0.1) is 12.7 Å². The lowest BCUT2D eigenvalue weighted by Crippen LogP contribution is -2.32. The molecule has 0 radical (unpaired) electrons. The summed E-state index contributed by atoms with van der Waals surface area (Å²) < 4.78 is 21.0. The van der Waals surface area contributed by atoms with Crippen molar-refractivity contribution in [3.63, 3.8) is 0 Å². The van der Waals surface area contributed by atoms with Gasteiger partial charge in [-0.1, -0.05) is 18.2 Å². The molecule has 0 fully saturated rings. The first-order chi connectivity index (χ1) is 14.5. The number of hydrogen-bond acceptors (Lipinski definition) is 4. The van der Waals surface area contributed by atoms with Crippen molar-refractivity contribution in [2.45, 2.75) is 25.8 Å². The fourth-order valence-electron chi connectivity index (χ4n) is 3.77. The van der Waals surface area contributed by atoms with E-state index >= 15 is 0 Å². The van der Waals surface area contributed by atoms with Crippen LogP contribution in [0.1, 0.15) is 24.4 Å². The fraction of sp³-hybridized carbons (Fsp3) is 0.318. The van der Waals surface area contributed by atoms with E-state index in [0.29, 0.717) is 25.5 Å². The number of ether oxygens (including phenoxy) is 1. The first kappa shape index (κ1) is 20.0. The number of aromatic nitrogens is 2. The summed E-state index contributed by atoms with van der Waals surface area (Å²) in [4.78, 5) is 32.0. The van der Waals surface area contributed by atoms with Crippen molar-refractivity contribution >= 4 is 34.5 Å². The van der Waals surface area contributed by atoms with E-state index in [-0.39, 0.29) is 18.0 Å². The van der Waals surface area contributed by atoms with Crippen molar-refractivity contribution in [2.75, 3.05) is 30.5 Å². The minimum absolute atomic E-state index is 0.101. The predicted octanol–water partition coefficient (Wildman–Crippen LogP) is 3.44. The highest BCUT2D eigenvalue weighted by Crippen LogP contribution is 2.36. The number of aryl methyl sites for hydroxylation is 1. The molecular weight excluding hydrogens is 387 g/mol. The molecule has 1 aliphatic heterocycles. The number of benzene rings is 2. The Labute approximate surface area is 173 Å². The molecule has 0 saturated heterocycles. The zero-order valence-electron chi connectivity index (χ0n) is 16.9. The summed E-state index contributed by atoms with van der Waals surface area (Å²) in [6, 6.07) is 11.4. The molecule has 0 spiro atoms. The summed E-state index contributed by atoms with van der Waals surface area (Å²) in [6.07, 6.45) is 0.541. The Kier molecular flexibility index (Phi) is 5.50. The van der Waals surface area contributed by atoms with E-state index in [1.807, 2.05) is 24.3 Å². The highest BCUT2D eigenvalue weighted by atomic mass is 19.1. The summed E-state index contributed by atoms with van der Waals surface area (Å²) in [5, 5.41) is 2.58. The number of amides is 2. The van der Waals surface area contributed by atoms with Gasteiger partial charge in [0.15, 0.2) is 0 Å². The molecule has 1 N–H and O–H groups in total. The van der Waals surface area contributed by atoms with Gasteiger partial charge in [-0.2, -0.15) is 0 Å². The Bertz CT molecular complexity index is 1110. The number of imidazole rings is 1. The van der Waals surface area contributed by atoms with Crippen molar-refractivity contribution < 1.29 is 18.7 Å². The molecule has 8 heteroatoms. The Balaban J connectivity index is 1.61. The van der Waals surface area contributed by atoms with Crippen LogP contribution in [0.3, 0.4) is 0 Å². The molecule has 0 unspecified atom stereocenters. The summed E-state index contributed by atoms with van der Waals surface area (Å²) in [6.45, 7) is 2.73. The van der Waals surface area contributed by atoms with Gasteiger partial charge in [0.05, 0.1) is 23.1 Å². The van der Waals surface area contributed by atoms with Crippen LogP contribution in [0.25, 0.3) is 11.0 Å². The van der Waals surface area contributed by atoms with Crippen LogP contribution in [0.5, 0.6) is 0 Å². The van der Waals surface area contributed by atoms with Gasteiger partial charge < -0.3 is 10.1 Å². The van der Waals surface area contributed by atoms with E-state index in [1.165, 1.54) is 12.1 Å². The molecule has 4 rings (SSSR count). The largest absolute Gasteiger partial charge is 0.385 e. The Morgan fingerprint density at radius 1 is 1.27 bits per heavy atom. The van der Waals surface area contributed by atoms with Gasteiger partial charge in [0, 0.05) is 20.3 Å². The van der Waals surface area contributed by atoms with E-state index in [1.54, 1.807) is 29.6 Å². The van der Waals surface area contributed by atoms with Gasteiger partial charge in [-0.25, -0.2) is 9.37 Å². The standard InChI is InChI=1S/C22H23FN4O3/c1-14-8-9-16(15(23)12-14)24-20(28)13-19-21(29)26(10-5-11-30-2)22-25-17-6-3-4-7-18(17)27(19)22/h3-4,6-9,12,19H,5,10-11,13H2,1-2H3,(H,24,28)/t19-/m0/s1. The van der Waals surface area contributed by atoms with Crippen molar-refractivity contribution in [1.29, 1.82) is 0 Å². The fourth-order valence-corrected chi connectivity index (χ4v) is 3.77. The maximum Gasteiger partial charge on any atom is 0.253 e. The highest BCUT2D eigenvalue weighted by Gasteiger charge is 2.40. The third-order valence-corrected chi connectivity index (χ3v) is 5.19. The second-order valence-electron chi connectivity index (χ2n) is 7.36. The molecule has 156 valence electrons. The van der Waals surface area contributed by atoms with Gasteiger partial charge in [-0.05, 0) is 43.2 Å². The van der Waals surface area contributed by atoms with Gasteiger partial charge in [0.2, 0.25) is 11.9 Å². The molecule has 30 heavy (non-hydrogen) atoms. The summed E-state index contributed by atoms with van der Waals surface area (Å²) in [7, 11) is 1.61. The molecular formula is C22H23FN4O3. The number of rotatable bonds is 7. The highest BCUT2D eigenvalue weighted by molar-refractivity contribution is 6.05. The van der Waals surface area contributed by atoms with Crippen molar-refractivity contribution in [2.24, 2.45) is 0 Å². The van der Waals surface area contributed by atoms with Crippen molar-refractivity contribution in [1.82, 2.24) is 9.55 Å². The number of nitrogens with zero attached hydrogens (tertiary/aromatic N) is 3. The molecule has 2 heterocycles. The monoisotopic (exact) mass is 410 g/mol. The Hall–Kier alpha value is -3.26. The maximum atomic E-state index is 14.1. The van der Waals surface area contributed by atoms with Crippen LogP contribution >= 0.6 is 0 Å². The average molecular weight is 410 g/mol. The number of nitrogens with one attached hydrogen (secondary N) is 1. The lowest BCUT2D eigenvalue weighted by molar-refractivity contribution is -0.124. The minimum atomic E-state index is -0.733. The summed E-state index contributed by atoms with van der Waals surface area (Å²) in [5.74, 6) is -0.606. The lowest BCUT2D eigenvalue weighted by Gasteiger charge is -2.16. The molecule has 0 saturated carbocycles. The third kappa shape index (κ3) is 3.66. The molecule has 3 aromatic rings. The van der Waals surface area contributed by atoms with Crippen LogP contribution in [-0.2, 0) is 14.3 Å². The smallest absolute Gasteiger partial charge is 0.253 e. The molecule has 1 aromatic heterocycles. The van der Waals surface area contributed by atoms with Crippen molar-refractivity contribution in [3.05, 3.63) is 53.8 Å². The van der Waals surface area contributed by atoms with E-state index in [2.05, 4.69) is 10.3 Å². The number of fused-ring (bicyclic) bond motifs is 3. The third-order valence-electron chi connectivity index (χ3n) is 5.19. The number of carbonyl (C=O) groups excluding carboxylic acids is 2. The SMILES string of the molecule is COCCCN1C(=O)[C@H](CC(=O)Nc2ccc(C)cc2F)n2c1nc1ccccc12. The quantitative estimate of drug-likeness (QED) is 0.606. The van der Waals surface area contributed by atoms with E-state index in [9.17, 15) is 14.0 Å². The molecule has 1 aliphatic rings. The van der Waals surface area contributed by atoms with E-state index < -0.39 is 17.8 Å². The van der Waals surface area contributed by atoms with Gasteiger partial charge in [0.1, 0.15) is 11.9 Å². The van der Waals surface area contributed by atoms with E-state index in [4.69, 9.17) is 4.74 Å². The first-order valence-electron chi connectivity index (χ1n) is 9.83. The number of halogens is 1. The van der Waals surface area contributed by atoms with Gasteiger partial charge >= 0.3 is 0 Å². The second kappa shape index (κ2) is 8.23. The Morgan fingerprint density at radius 2 is 2.07 bits per heavy atom. The normalized spacial score (nSPS) is 15.6. The summed E-state index contributed by atoms with van der Waals surface area (Å²) in [5.41, 5.74) is 2.41. The maximum absolute atomic E-state index is 14.1. The number of hydrogen-bond donors (Lipinski definition) is 1. The minimum Gasteiger partial charge on any atom is -0.385 e. The predicted molar refractivity (Wildman–Crippen MR) is 112 cm³/mol. The van der Waals surface area contributed by atoms with Crippen molar-refractivity contribution in [3.8, 4) is 0 Å². The van der Waals surface area contributed by atoms with Gasteiger partial charge in [-0.3, -0.25) is 19.1 Å². The number of methoxy groups -OCH3 is 1. The number of para-hydroxylation sites is 2. The average Bonchev–Trinajstić information content (AvgIpc) is 3.20. The zero-order valence-corrected chi connectivity index (χ0v) is 16.9. The molecule has 2 aromatic carbocycles. The van der Waals surface area contributed by atoms with Crippen LogP contribution in [0.4, 0.5) is 16.0 Å². The van der Waals surface area contributed by atoms with Gasteiger partial charge in [0.25, 0.3) is 5.91 Å². The van der Waals surface area contributed by atoms with Crippen LogP contribution < -0.4 is 10.2 Å². The van der Waals surface area contributed by atoms with Gasteiger partial charge in [-0.15, -0.1) is 0 Å². The van der Waals surface area contributed by atoms with Crippen LogP contribution in [0.15, 0.2) is 42.5 Å². The molecule has 0 bridgehead atoms. The molecule has 7 nitrogen and oxygen atoms in total. The van der Waals surface area contributed by atoms with E-state index in [0.717, 1.165) is 16.6 Å².